The highest BCUT2D eigenvalue weighted by atomic mass is 31.2. The van der Waals surface area contributed by atoms with Crippen LogP contribution in [-0.4, -0.2) is 68.5 Å². The summed E-state index contributed by atoms with van der Waals surface area (Å²) in [7, 11) is 1.28. The van der Waals surface area contributed by atoms with Gasteiger partial charge in [-0.2, -0.15) is 0 Å². The van der Waals surface area contributed by atoms with E-state index in [1.54, 1.807) is 0 Å². The fourth-order valence-electron chi connectivity index (χ4n) is 8.66. The zero-order valence-electron chi connectivity index (χ0n) is 46.7. The first-order chi connectivity index (χ1) is 34.0. The van der Waals surface area contributed by atoms with Crippen molar-refractivity contribution in [2.75, 3.05) is 40.9 Å². The zero-order chi connectivity index (χ0) is 51.3. The normalized spacial score (nSPS) is 14.3. The molecule has 3 atom stereocenters. The Balaban J connectivity index is 4.15. The van der Waals surface area contributed by atoms with Crippen LogP contribution < -0.4 is 10.2 Å². The number of likely N-dealkylation sites (N-methyl/N-ethyl adjacent to an activating group) is 1. The maximum atomic E-state index is 13.0. The molecule has 410 valence electrons. The predicted molar refractivity (Wildman–Crippen MR) is 302 cm³/mol. The van der Waals surface area contributed by atoms with Crippen molar-refractivity contribution in [3.05, 3.63) is 60.8 Å². The third-order valence-corrected chi connectivity index (χ3v) is 14.2. The molecular weight excluding hydrogens is 888 g/mol. The third kappa shape index (κ3) is 54.0. The Hall–Kier alpha value is -1.80. The van der Waals surface area contributed by atoms with Gasteiger partial charge < -0.3 is 28.8 Å². The average molecular weight is 1000 g/mol. The Morgan fingerprint density at radius 2 is 0.871 bits per heavy atom. The molecule has 0 saturated heterocycles. The molecule has 2 N–H and O–H groups in total. The Morgan fingerprint density at radius 1 is 0.514 bits per heavy atom. The number of nitrogens with one attached hydrogen (secondary N) is 1. The fourth-order valence-corrected chi connectivity index (χ4v) is 9.38. The van der Waals surface area contributed by atoms with E-state index in [-0.39, 0.29) is 19.1 Å². The lowest BCUT2D eigenvalue weighted by molar-refractivity contribution is -0.870. The lowest BCUT2D eigenvalue weighted by Gasteiger charge is -2.30. The topological polar surface area (TPSA) is 108 Å². The van der Waals surface area contributed by atoms with Crippen molar-refractivity contribution in [3.63, 3.8) is 0 Å². The van der Waals surface area contributed by atoms with Gasteiger partial charge in [-0.15, -0.1) is 0 Å². The van der Waals surface area contributed by atoms with Crippen LogP contribution in [0.15, 0.2) is 60.8 Å². The van der Waals surface area contributed by atoms with Crippen LogP contribution in [0.2, 0.25) is 0 Å². The molecule has 0 aliphatic carbocycles. The molecule has 0 aliphatic heterocycles. The number of unbranched alkanes of at least 4 members (excludes halogenated alkanes) is 31. The number of aliphatic hydroxyl groups excluding tert-OH is 1. The molecule has 0 aromatic carbocycles. The van der Waals surface area contributed by atoms with Crippen molar-refractivity contribution >= 4 is 13.7 Å². The Kier molecular flexibility index (Phi) is 50.7. The van der Waals surface area contributed by atoms with Crippen molar-refractivity contribution in [1.29, 1.82) is 0 Å². The standard InChI is InChI=1S/C61H115N2O6P/c1-6-8-10-12-14-16-18-20-22-24-26-27-28-29-30-31-32-33-34-35-37-38-40-42-44-46-48-50-52-54-60(64)59(58-69-70(66,67)68-57-56-63(3,4)5)62-61(65)55-53-51-49-47-45-43-41-39-36-25-23-21-19-17-15-13-11-9-7-2/h9,11,15,17,21,23,36,39,43,45,59-60,64H,6-8,10,12-14,16,18-20,22,24-35,37-38,40-42,44,46-58H2,1-5H3,(H-,62,65,66,67)/b11-9-,17-15-,23-21-,39-36-,45-43-. The van der Waals surface area contributed by atoms with Gasteiger partial charge in [-0.3, -0.25) is 9.36 Å². The van der Waals surface area contributed by atoms with E-state index in [1.165, 1.54) is 167 Å². The van der Waals surface area contributed by atoms with Crippen LogP contribution in [-0.2, 0) is 18.4 Å². The maximum Gasteiger partial charge on any atom is 0.268 e. The van der Waals surface area contributed by atoms with E-state index in [1.807, 2.05) is 21.1 Å². The largest absolute Gasteiger partial charge is 0.756 e. The first-order valence-corrected chi connectivity index (χ1v) is 31.1. The van der Waals surface area contributed by atoms with Gasteiger partial charge in [0.1, 0.15) is 13.2 Å². The van der Waals surface area contributed by atoms with Crippen molar-refractivity contribution < 1.29 is 32.9 Å². The molecule has 0 heterocycles. The van der Waals surface area contributed by atoms with Gasteiger partial charge >= 0.3 is 0 Å². The number of allylic oxidation sites excluding steroid dienone is 10. The second-order valence-corrected chi connectivity index (χ2v) is 22.7. The molecule has 0 saturated carbocycles. The van der Waals surface area contributed by atoms with Gasteiger partial charge in [0.05, 0.1) is 39.9 Å². The summed E-state index contributed by atoms with van der Waals surface area (Å²) in [6.45, 7) is 4.60. The second-order valence-electron chi connectivity index (χ2n) is 21.3. The Labute approximate surface area is 434 Å². The van der Waals surface area contributed by atoms with Crippen LogP contribution in [0.25, 0.3) is 0 Å². The zero-order valence-corrected chi connectivity index (χ0v) is 47.6. The van der Waals surface area contributed by atoms with Crippen LogP contribution in [0.5, 0.6) is 0 Å². The molecule has 0 bridgehead atoms. The van der Waals surface area contributed by atoms with E-state index in [9.17, 15) is 19.4 Å². The first-order valence-electron chi connectivity index (χ1n) is 29.6. The summed E-state index contributed by atoms with van der Waals surface area (Å²) in [5.74, 6) is -0.195. The number of nitrogens with zero attached hydrogens (tertiary/aromatic N) is 1. The average Bonchev–Trinajstić information content (AvgIpc) is 3.32. The van der Waals surface area contributed by atoms with Crippen LogP contribution in [0, 0.1) is 0 Å². The van der Waals surface area contributed by atoms with E-state index in [0.29, 0.717) is 23.9 Å². The van der Waals surface area contributed by atoms with Crippen molar-refractivity contribution in [2.45, 2.75) is 283 Å². The lowest BCUT2D eigenvalue weighted by atomic mass is 10.0. The fraction of sp³-hybridized carbons (Fsp3) is 0.820. The number of carbonyl (C=O) groups excluding carboxylic acids is 1. The van der Waals surface area contributed by atoms with Gasteiger partial charge in [-0.1, -0.05) is 267 Å². The summed E-state index contributed by atoms with van der Waals surface area (Å²) in [6.07, 6.45) is 69.8. The van der Waals surface area contributed by atoms with Gasteiger partial charge in [0.25, 0.3) is 7.82 Å². The lowest BCUT2D eigenvalue weighted by Crippen LogP contribution is -2.46. The van der Waals surface area contributed by atoms with E-state index in [2.05, 4.69) is 79.9 Å². The van der Waals surface area contributed by atoms with Crippen LogP contribution >= 0.6 is 7.82 Å². The molecule has 0 spiro atoms. The molecule has 0 aromatic heterocycles. The quantitative estimate of drug-likeness (QED) is 0.0272. The molecule has 3 unspecified atom stereocenters. The minimum absolute atomic E-state index is 0.00311. The molecule has 70 heavy (non-hydrogen) atoms. The number of carbonyl (C=O) groups is 1. The highest BCUT2D eigenvalue weighted by Gasteiger charge is 2.24. The SMILES string of the molecule is CC/C=C\C/C=C\C/C=C\C/C=C\C/C=C\CCCCCC(=O)NC(COP(=O)([O-])OCC[N+](C)(C)C)C(O)CCCCCCCCCCCCCCCCCCCCCCCCCCCCCCC. The van der Waals surface area contributed by atoms with Crippen molar-refractivity contribution in [2.24, 2.45) is 0 Å². The number of phosphoric acid groups is 1. The van der Waals surface area contributed by atoms with E-state index in [0.717, 1.165) is 77.0 Å². The summed E-state index contributed by atoms with van der Waals surface area (Å²) in [6, 6.07) is -0.822. The Bertz CT molecular complexity index is 1320. The molecule has 0 rings (SSSR count). The second kappa shape index (κ2) is 52.1. The predicted octanol–water partition coefficient (Wildman–Crippen LogP) is 17.5. The molecule has 1 amide bonds. The van der Waals surface area contributed by atoms with Gasteiger partial charge in [0, 0.05) is 6.42 Å². The highest BCUT2D eigenvalue weighted by Crippen LogP contribution is 2.38. The molecule has 0 aromatic rings. The number of quaternary nitrogens is 1. The smallest absolute Gasteiger partial charge is 0.268 e. The van der Waals surface area contributed by atoms with Crippen molar-refractivity contribution in [3.8, 4) is 0 Å². The van der Waals surface area contributed by atoms with Gasteiger partial charge in [0.2, 0.25) is 5.91 Å². The van der Waals surface area contributed by atoms with Crippen LogP contribution in [0.1, 0.15) is 271 Å². The minimum Gasteiger partial charge on any atom is -0.756 e. The van der Waals surface area contributed by atoms with Gasteiger partial charge in [-0.25, -0.2) is 0 Å². The molecule has 0 aliphatic rings. The monoisotopic (exact) mass is 1000 g/mol. The number of phosphoric ester groups is 1. The first kappa shape index (κ1) is 68.2. The van der Waals surface area contributed by atoms with Gasteiger partial charge in [0.15, 0.2) is 0 Å². The third-order valence-electron chi connectivity index (χ3n) is 13.3. The summed E-state index contributed by atoms with van der Waals surface area (Å²) in [5, 5.41) is 14.0. The Morgan fingerprint density at radius 3 is 1.26 bits per heavy atom. The molecule has 8 nitrogen and oxygen atoms in total. The summed E-state index contributed by atoms with van der Waals surface area (Å²) in [4.78, 5) is 25.5. The number of aliphatic hydroxyl groups is 1. The van der Waals surface area contributed by atoms with Crippen molar-refractivity contribution in [1.82, 2.24) is 5.32 Å². The highest BCUT2D eigenvalue weighted by molar-refractivity contribution is 7.45. The summed E-state index contributed by atoms with van der Waals surface area (Å²) < 4.78 is 23.4. The van der Waals surface area contributed by atoms with Gasteiger partial charge in [-0.05, 0) is 57.8 Å². The van der Waals surface area contributed by atoms with Crippen LogP contribution in [0.3, 0.4) is 0 Å². The maximum absolute atomic E-state index is 13.0. The molecule has 9 heteroatoms. The molecular formula is C61H115N2O6P. The summed E-state index contributed by atoms with van der Waals surface area (Å²) in [5.41, 5.74) is 0. The molecule has 0 radical (unpaired) electrons. The van der Waals surface area contributed by atoms with E-state index in [4.69, 9.17) is 9.05 Å². The summed E-state index contributed by atoms with van der Waals surface area (Å²) >= 11 is 0. The number of rotatable bonds is 54. The van der Waals surface area contributed by atoms with E-state index < -0.39 is 20.0 Å². The number of hydrogen-bond donors (Lipinski definition) is 2. The number of hydrogen-bond acceptors (Lipinski definition) is 6. The minimum atomic E-state index is -4.59. The molecule has 0 fully saturated rings. The van der Waals surface area contributed by atoms with E-state index >= 15 is 0 Å². The van der Waals surface area contributed by atoms with Crippen LogP contribution in [0.4, 0.5) is 0 Å². The number of amides is 1.